The highest BCUT2D eigenvalue weighted by molar-refractivity contribution is 5.76. The molecule has 1 aromatic rings. The fourth-order valence-electron chi connectivity index (χ4n) is 3.14. The number of nitrogens with zero attached hydrogens (tertiary/aromatic N) is 3. The van der Waals surface area contributed by atoms with E-state index in [0.717, 1.165) is 0 Å². The minimum Gasteiger partial charge on any atom is -0.341 e. The molecule has 1 aromatic heterocycles. The molecule has 1 saturated carbocycles. The zero-order valence-corrected chi connectivity index (χ0v) is 12.7. The summed E-state index contributed by atoms with van der Waals surface area (Å²) < 4.78 is 27.9. The Balaban J connectivity index is 1.64. The first-order chi connectivity index (χ1) is 10.3. The molecule has 1 amide bonds. The number of carbonyl (C=O) groups excluding carboxylic acids is 1. The van der Waals surface area contributed by atoms with Crippen LogP contribution in [0.3, 0.4) is 0 Å². The van der Waals surface area contributed by atoms with Crippen LogP contribution >= 0.6 is 0 Å². The topological polar surface area (TPSA) is 55.2 Å². The van der Waals surface area contributed by atoms with E-state index in [9.17, 15) is 18.4 Å². The maximum absolute atomic E-state index is 13.3. The third-order valence-corrected chi connectivity index (χ3v) is 5.11. The van der Waals surface area contributed by atoms with E-state index in [2.05, 4.69) is 4.98 Å². The van der Waals surface area contributed by atoms with E-state index in [1.54, 1.807) is 18.7 Å². The number of alkyl halides is 2. The summed E-state index contributed by atoms with van der Waals surface area (Å²) in [6.07, 6.45) is 1.99. The smallest absolute Gasteiger partial charge is 0.256 e. The van der Waals surface area contributed by atoms with Gasteiger partial charge in [0.1, 0.15) is 6.54 Å². The number of rotatable bonds is 2. The molecule has 2 aliphatic rings. The molecule has 120 valence electrons. The summed E-state index contributed by atoms with van der Waals surface area (Å²) in [6.45, 7) is 3.99. The van der Waals surface area contributed by atoms with Crippen molar-refractivity contribution in [3.8, 4) is 0 Å². The second-order valence-electron chi connectivity index (χ2n) is 6.43. The zero-order valence-electron chi connectivity index (χ0n) is 12.7. The van der Waals surface area contributed by atoms with E-state index in [4.69, 9.17) is 0 Å². The maximum Gasteiger partial charge on any atom is 0.256 e. The summed E-state index contributed by atoms with van der Waals surface area (Å²) in [5.41, 5.74) is 0.0564. The summed E-state index contributed by atoms with van der Waals surface area (Å²) in [4.78, 5) is 30.0. The van der Waals surface area contributed by atoms with Gasteiger partial charge in [-0.1, -0.05) is 0 Å². The van der Waals surface area contributed by atoms with Crippen LogP contribution < -0.4 is 5.56 Å². The van der Waals surface area contributed by atoms with Crippen LogP contribution in [-0.4, -0.2) is 39.4 Å². The summed E-state index contributed by atoms with van der Waals surface area (Å²) in [5.74, 6) is -2.78. The fraction of sp³-hybridized carbons (Fsp3) is 0.667. The first kappa shape index (κ1) is 15.1. The number of likely N-dealkylation sites (tertiary alicyclic amines) is 1. The molecular formula is C15H19F2N3O2. The summed E-state index contributed by atoms with van der Waals surface area (Å²) >= 11 is 0. The Morgan fingerprint density at radius 3 is 2.45 bits per heavy atom. The van der Waals surface area contributed by atoms with Crippen LogP contribution in [0.1, 0.15) is 30.5 Å². The highest BCUT2D eigenvalue weighted by Gasteiger charge is 2.70. The predicted molar refractivity (Wildman–Crippen MR) is 75.8 cm³/mol. The van der Waals surface area contributed by atoms with Gasteiger partial charge in [0.05, 0.1) is 6.33 Å². The lowest BCUT2D eigenvalue weighted by Crippen LogP contribution is -2.43. The Morgan fingerprint density at radius 1 is 1.32 bits per heavy atom. The van der Waals surface area contributed by atoms with Crippen molar-refractivity contribution in [1.29, 1.82) is 0 Å². The van der Waals surface area contributed by atoms with Gasteiger partial charge in [0.25, 0.3) is 11.5 Å². The van der Waals surface area contributed by atoms with Gasteiger partial charge < -0.3 is 4.90 Å². The molecule has 1 spiro atoms. The van der Waals surface area contributed by atoms with Crippen molar-refractivity contribution in [2.24, 2.45) is 5.41 Å². The number of hydrogen-bond acceptors (Lipinski definition) is 3. The SMILES string of the molecule is Cc1ncn(CC(=O)N2CCC3(CC2)CC3(F)F)c(=O)c1C. The second kappa shape index (κ2) is 4.86. The molecule has 2 heterocycles. The van der Waals surface area contributed by atoms with Gasteiger partial charge in [-0.2, -0.15) is 0 Å². The Morgan fingerprint density at radius 2 is 1.91 bits per heavy atom. The molecule has 22 heavy (non-hydrogen) atoms. The van der Waals surface area contributed by atoms with Gasteiger partial charge in [-0.25, -0.2) is 13.8 Å². The lowest BCUT2D eigenvalue weighted by Gasteiger charge is -2.32. The number of piperidine rings is 1. The highest BCUT2D eigenvalue weighted by atomic mass is 19.3. The van der Waals surface area contributed by atoms with Gasteiger partial charge in [0.2, 0.25) is 5.91 Å². The van der Waals surface area contributed by atoms with Crippen LogP contribution in [-0.2, 0) is 11.3 Å². The van der Waals surface area contributed by atoms with E-state index in [-0.39, 0.29) is 24.4 Å². The van der Waals surface area contributed by atoms with Crippen molar-refractivity contribution in [3.63, 3.8) is 0 Å². The molecule has 5 nitrogen and oxygen atoms in total. The Bertz CT molecular complexity index is 676. The molecule has 0 bridgehead atoms. The second-order valence-corrected chi connectivity index (χ2v) is 6.43. The van der Waals surface area contributed by atoms with Gasteiger partial charge in [-0.15, -0.1) is 0 Å². The summed E-state index contributed by atoms with van der Waals surface area (Å²) in [5, 5.41) is 0. The van der Waals surface area contributed by atoms with Crippen molar-refractivity contribution < 1.29 is 13.6 Å². The van der Waals surface area contributed by atoms with Crippen LogP contribution in [0.15, 0.2) is 11.1 Å². The van der Waals surface area contributed by atoms with Crippen LogP contribution in [0.5, 0.6) is 0 Å². The molecule has 1 saturated heterocycles. The molecule has 0 N–H and O–H groups in total. The van der Waals surface area contributed by atoms with Crippen molar-refractivity contribution in [2.75, 3.05) is 13.1 Å². The van der Waals surface area contributed by atoms with Crippen molar-refractivity contribution >= 4 is 5.91 Å². The first-order valence-electron chi connectivity index (χ1n) is 7.44. The lowest BCUT2D eigenvalue weighted by molar-refractivity contribution is -0.134. The van der Waals surface area contributed by atoms with E-state index >= 15 is 0 Å². The van der Waals surface area contributed by atoms with E-state index in [0.29, 0.717) is 37.2 Å². The number of aromatic nitrogens is 2. The Kier molecular flexibility index (Phi) is 3.34. The molecule has 1 aliphatic heterocycles. The standard InChI is InChI=1S/C15H19F2N3O2/c1-10-11(2)18-9-20(13(10)22)7-12(21)19-5-3-14(4-6-19)8-15(14,16)17/h9H,3-8H2,1-2H3. The number of amides is 1. The van der Waals surface area contributed by atoms with Crippen LogP contribution in [0, 0.1) is 19.3 Å². The summed E-state index contributed by atoms with van der Waals surface area (Å²) in [6, 6.07) is 0. The van der Waals surface area contributed by atoms with Crippen molar-refractivity contribution in [3.05, 3.63) is 27.9 Å². The number of halogens is 2. The predicted octanol–water partition coefficient (Wildman–Crippen LogP) is 1.51. The quantitative estimate of drug-likeness (QED) is 0.832. The largest absolute Gasteiger partial charge is 0.341 e. The minimum atomic E-state index is -2.56. The van der Waals surface area contributed by atoms with Crippen LogP contribution in [0.25, 0.3) is 0 Å². The number of hydrogen-bond donors (Lipinski definition) is 0. The maximum atomic E-state index is 13.3. The van der Waals surface area contributed by atoms with E-state index in [1.165, 1.54) is 10.9 Å². The van der Waals surface area contributed by atoms with Gasteiger partial charge in [-0.3, -0.25) is 14.2 Å². The monoisotopic (exact) mass is 311 g/mol. The number of aryl methyl sites for hydroxylation is 1. The normalized spacial score (nSPS) is 21.9. The van der Waals surface area contributed by atoms with Gasteiger partial charge in [-0.05, 0) is 26.7 Å². The lowest BCUT2D eigenvalue weighted by atomic mass is 9.93. The fourth-order valence-corrected chi connectivity index (χ4v) is 3.14. The molecule has 0 radical (unpaired) electrons. The van der Waals surface area contributed by atoms with Gasteiger partial charge >= 0.3 is 0 Å². The Hall–Kier alpha value is -1.79. The zero-order chi connectivity index (χ0) is 16.1. The highest BCUT2D eigenvalue weighted by Crippen LogP contribution is 2.65. The molecule has 3 rings (SSSR count). The minimum absolute atomic E-state index is 0.0530. The molecular weight excluding hydrogens is 292 g/mol. The van der Waals surface area contributed by atoms with Gasteiger partial charge in [0.15, 0.2) is 0 Å². The molecule has 0 atom stereocenters. The van der Waals surface area contributed by atoms with Gasteiger partial charge in [0, 0.05) is 36.2 Å². The average molecular weight is 311 g/mol. The van der Waals surface area contributed by atoms with Crippen LogP contribution in [0.2, 0.25) is 0 Å². The third kappa shape index (κ3) is 2.32. The third-order valence-electron chi connectivity index (χ3n) is 5.11. The average Bonchev–Trinajstić information content (AvgIpc) is 3.00. The number of carbonyl (C=O) groups is 1. The van der Waals surface area contributed by atoms with Crippen LogP contribution in [0.4, 0.5) is 8.78 Å². The molecule has 7 heteroatoms. The molecule has 0 aromatic carbocycles. The van der Waals surface area contributed by atoms with E-state index < -0.39 is 11.3 Å². The van der Waals surface area contributed by atoms with Crippen molar-refractivity contribution in [2.45, 2.75) is 45.6 Å². The molecule has 0 unspecified atom stereocenters. The molecule has 2 fully saturated rings. The first-order valence-corrected chi connectivity index (χ1v) is 7.44. The summed E-state index contributed by atoms with van der Waals surface area (Å²) in [7, 11) is 0. The van der Waals surface area contributed by atoms with E-state index in [1.807, 2.05) is 0 Å². The molecule has 1 aliphatic carbocycles. The van der Waals surface area contributed by atoms with Crippen molar-refractivity contribution in [1.82, 2.24) is 14.5 Å². The Labute approximate surface area is 126 Å².